The van der Waals surface area contributed by atoms with Crippen molar-refractivity contribution >= 4 is 29.2 Å². The van der Waals surface area contributed by atoms with E-state index >= 15 is 0 Å². The largest absolute Gasteiger partial charge is 0.493 e. The molecule has 2 amide bonds. The average Bonchev–Trinajstić information content (AvgIpc) is 3.31. The Morgan fingerprint density at radius 3 is 2.41 bits per heavy atom. The molecule has 3 heterocycles. The van der Waals surface area contributed by atoms with Crippen molar-refractivity contribution in [2.24, 2.45) is 0 Å². The Hall–Kier alpha value is -4.60. The number of amides is 2. The maximum Gasteiger partial charge on any atom is 0.412 e. The zero-order chi connectivity index (χ0) is 24.2. The fraction of sp³-hybridized carbons (Fsp3) is 0.167. The monoisotopic (exact) mass is 461 g/mol. The van der Waals surface area contributed by atoms with Gasteiger partial charge in [0.05, 0.1) is 38.8 Å². The molecule has 1 aromatic carbocycles. The van der Waals surface area contributed by atoms with Crippen LogP contribution in [0.4, 0.5) is 16.3 Å². The molecule has 4 rings (SSSR count). The number of carbonyl (C=O) groups excluding carboxylic acids is 2. The van der Waals surface area contributed by atoms with Gasteiger partial charge in [-0.15, -0.1) is 0 Å². The van der Waals surface area contributed by atoms with Crippen LogP contribution in [0.2, 0.25) is 0 Å². The zero-order valence-corrected chi connectivity index (χ0v) is 19.1. The molecule has 0 aliphatic heterocycles. The first-order chi connectivity index (χ1) is 16.4. The molecule has 34 heavy (non-hydrogen) atoms. The lowest BCUT2D eigenvalue weighted by Crippen LogP contribution is -2.26. The van der Waals surface area contributed by atoms with Crippen molar-refractivity contribution in [3.63, 3.8) is 0 Å². The molecule has 10 heteroatoms. The maximum atomic E-state index is 13.2. The van der Waals surface area contributed by atoms with Gasteiger partial charge in [-0.1, -0.05) is 0 Å². The van der Waals surface area contributed by atoms with Gasteiger partial charge in [-0.05, 0) is 36.4 Å². The molecule has 0 saturated heterocycles. The summed E-state index contributed by atoms with van der Waals surface area (Å²) in [5.74, 6) is 1.27. The lowest BCUT2D eigenvalue weighted by molar-refractivity contribution is 0.0992. The number of anilines is 2. The highest BCUT2D eigenvalue weighted by atomic mass is 16.5. The van der Waals surface area contributed by atoms with E-state index in [4.69, 9.17) is 9.47 Å². The fourth-order valence-corrected chi connectivity index (χ4v) is 3.44. The van der Waals surface area contributed by atoms with Crippen molar-refractivity contribution in [3.05, 3.63) is 66.6 Å². The van der Waals surface area contributed by atoms with Gasteiger partial charge in [0.15, 0.2) is 11.5 Å². The molecule has 0 aliphatic carbocycles. The second-order valence-corrected chi connectivity index (χ2v) is 7.24. The standard InChI is InChI=1S/C24H23N5O5/c1-28(17-7-8-19(32-2)20(11-17)33-3)23(30)16-6-10-22-26-13-18(29(22)14-16)15-5-9-21(25-12-15)27-24(31)34-4/h5-14H,1-4H3,(H,25,27,31). The molecule has 0 radical (unpaired) electrons. The molecule has 0 unspecified atom stereocenters. The van der Waals surface area contributed by atoms with Gasteiger partial charge >= 0.3 is 6.09 Å². The summed E-state index contributed by atoms with van der Waals surface area (Å²) in [5.41, 5.74) is 3.32. The normalized spacial score (nSPS) is 10.6. The van der Waals surface area contributed by atoms with Gasteiger partial charge in [0, 0.05) is 36.8 Å². The van der Waals surface area contributed by atoms with Crippen LogP contribution in [0.3, 0.4) is 0 Å². The molecule has 0 fully saturated rings. The van der Waals surface area contributed by atoms with Gasteiger partial charge in [0.25, 0.3) is 5.91 Å². The van der Waals surface area contributed by atoms with Crippen LogP contribution in [0.15, 0.2) is 61.1 Å². The van der Waals surface area contributed by atoms with Gasteiger partial charge in [-0.2, -0.15) is 0 Å². The highest BCUT2D eigenvalue weighted by molar-refractivity contribution is 6.06. The summed E-state index contributed by atoms with van der Waals surface area (Å²) >= 11 is 0. The highest BCUT2D eigenvalue weighted by Crippen LogP contribution is 2.31. The summed E-state index contributed by atoms with van der Waals surface area (Å²) in [6.07, 6.45) is 4.44. The highest BCUT2D eigenvalue weighted by Gasteiger charge is 2.17. The zero-order valence-electron chi connectivity index (χ0n) is 19.1. The predicted octanol–water partition coefficient (Wildman–Crippen LogP) is 3.87. The molecule has 0 bridgehead atoms. The molecule has 174 valence electrons. The topological polar surface area (TPSA) is 107 Å². The Labute approximate surface area is 195 Å². The van der Waals surface area contributed by atoms with Crippen LogP contribution in [0.5, 0.6) is 11.5 Å². The Balaban J connectivity index is 1.63. The smallest absolute Gasteiger partial charge is 0.412 e. The Morgan fingerprint density at radius 1 is 0.941 bits per heavy atom. The SMILES string of the molecule is COC(=O)Nc1ccc(-c2cnc3ccc(C(=O)N(C)c4ccc(OC)c(OC)c4)cn23)cn1. The summed E-state index contributed by atoms with van der Waals surface area (Å²) in [6.45, 7) is 0. The first-order valence-corrected chi connectivity index (χ1v) is 10.2. The minimum Gasteiger partial charge on any atom is -0.493 e. The number of hydrogen-bond donors (Lipinski definition) is 1. The van der Waals surface area contributed by atoms with Gasteiger partial charge < -0.3 is 19.1 Å². The molecular formula is C24H23N5O5. The summed E-state index contributed by atoms with van der Waals surface area (Å²) in [7, 11) is 6.08. The lowest BCUT2D eigenvalue weighted by atomic mass is 10.2. The number of pyridine rings is 2. The second kappa shape index (κ2) is 9.49. The fourth-order valence-electron chi connectivity index (χ4n) is 3.44. The molecule has 0 saturated carbocycles. The van der Waals surface area contributed by atoms with E-state index in [1.807, 2.05) is 4.40 Å². The quantitative estimate of drug-likeness (QED) is 0.464. The van der Waals surface area contributed by atoms with Gasteiger partial charge in [-0.25, -0.2) is 14.8 Å². The maximum absolute atomic E-state index is 13.2. The van der Waals surface area contributed by atoms with Crippen molar-refractivity contribution in [2.45, 2.75) is 0 Å². The third-order valence-corrected chi connectivity index (χ3v) is 5.29. The van der Waals surface area contributed by atoms with E-state index < -0.39 is 6.09 Å². The van der Waals surface area contributed by atoms with Crippen molar-refractivity contribution < 1.29 is 23.8 Å². The summed E-state index contributed by atoms with van der Waals surface area (Å²) in [6, 6.07) is 12.2. The lowest BCUT2D eigenvalue weighted by Gasteiger charge is -2.19. The molecular weight excluding hydrogens is 438 g/mol. The van der Waals surface area contributed by atoms with E-state index in [0.717, 1.165) is 11.3 Å². The molecule has 10 nitrogen and oxygen atoms in total. The number of carbonyl (C=O) groups is 2. The number of rotatable bonds is 6. The van der Waals surface area contributed by atoms with Crippen molar-refractivity contribution in [1.82, 2.24) is 14.4 Å². The van der Waals surface area contributed by atoms with E-state index in [2.05, 4.69) is 20.0 Å². The van der Waals surface area contributed by atoms with Crippen LogP contribution in [-0.4, -0.2) is 54.7 Å². The minimum atomic E-state index is -0.600. The molecule has 3 aromatic heterocycles. The van der Waals surface area contributed by atoms with Crippen LogP contribution in [0.25, 0.3) is 16.9 Å². The van der Waals surface area contributed by atoms with E-state index in [1.165, 1.54) is 12.0 Å². The predicted molar refractivity (Wildman–Crippen MR) is 127 cm³/mol. The second-order valence-electron chi connectivity index (χ2n) is 7.24. The van der Waals surface area contributed by atoms with E-state index in [1.54, 1.807) is 82.3 Å². The number of nitrogens with zero attached hydrogens (tertiary/aromatic N) is 4. The number of ether oxygens (including phenoxy) is 3. The van der Waals surface area contributed by atoms with E-state index in [9.17, 15) is 9.59 Å². The Bertz CT molecular complexity index is 1350. The average molecular weight is 461 g/mol. The van der Waals surface area contributed by atoms with Crippen LogP contribution in [0, 0.1) is 0 Å². The van der Waals surface area contributed by atoms with Crippen molar-refractivity contribution in [3.8, 4) is 22.8 Å². The van der Waals surface area contributed by atoms with Crippen molar-refractivity contribution in [2.75, 3.05) is 38.6 Å². The number of hydrogen-bond acceptors (Lipinski definition) is 7. The number of benzene rings is 1. The van der Waals surface area contributed by atoms with Crippen LogP contribution in [0.1, 0.15) is 10.4 Å². The van der Waals surface area contributed by atoms with Gasteiger partial charge in [0.1, 0.15) is 11.5 Å². The number of methoxy groups -OCH3 is 3. The van der Waals surface area contributed by atoms with Crippen LogP contribution in [-0.2, 0) is 4.74 Å². The number of aromatic nitrogens is 3. The molecule has 1 N–H and O–H groups in total. The summed E-state index contributed by atoms with van der Waals surface area (Å²) < 4.78 is 17.0. The molecule has 0 spiro atoms. The van der Waals surface area contributed by atoms with Crippen LogP contribution >= 0.6 is 0 Å². The number of nitrogens with one attached hydrogen (secondary N) is 1. The third kappa shape index (κ3) is 4.33. The number of imidazole rings is 1. The molecule has 0 atom stereocenters. The third-order valence-electron chi connectivity index (χ3n) is 5.29. The molecule has 4 aromatic rings. The summed E-state index contributed by atoms with van der Waals surface area (Å²) in [5, 5.41) is 2.51. The molecule has 0 aliphatic rings. The first kappa shape index (κ1) is 22.6. The number of fused-ring (bicyclic) bond motifs is 1. The minimum absolute atomic E-state index is 0.204. The van der Waals surface area contributed by atoms with Gasteiger partial charge in [-0.3, -0.25) is 14.5 Å². The van der Waals surface area contributed by atoms with Gasteiger partial charge in [0.2, 0.25) is 0 Å². The Morgan fingerprint density at radius 2 is 1.74 bits per heavy atom. The Kier molecular flexibility index (Phi) is 6.30. The van der Waals surface area contributed by atoms with Crippen molar-refractivity contribution in [1.29, 1.82) is 0 Å². The first-order valence-electron chi connectivity index (χ1n) is 10.2. The summed E-state index contributed by atoms with van der Waals surface area (Å²) in [4.78, 5) is 34.8. The van der Waals surface area contributed by atoms with E-state index in [0.29, 0.717) is 34.2 Å². The van der Waals surface area contributed by atoms with Crippen LogP contribution < -0.4 is 19.7 Å². The van der Waals surface area contributed by atoms with E-state index in [-0.39, 0.29) is 5.91 Å².